The summed E-state index contributed by atoms with van der Waals surface area (Å²) in [6, 6.07) is 21.8. The zero-order valence-corrected chi connectivity index (χ0v) is 23.8. The van der Waals surface area contributed by atoms with E-state index in [1.165, 1.54) is 12.7 Å². The third-order valence-electron chi connectivity index (χ3n) is 6.96. The first-order valence-electron chi connectivity index (χ1n) is 12.6. The van der Waals surface area contributed by atoms with Gasteiger partial charge in [0.25, 0.3) is 0 Å². The number of nitrogens with one attached hydrogen (secondary N) is 2. The molecule has 5 rings (SSSR count). The van der Waals surface area contributed by atoms with Gasteiger partial charge in [0.15, 0.2) is 5.11 Å². The van der Waals surface area contributed by atoms with Crippen LogP contribution in [0.1, 0.15) is 40.3 Å². The second-order valence-electron chi connectivity index (χ2n) is 9.64. The number of rotatable bonds is 7. The number of hydrogen-bond donors (Lipinski definition) is 2. The second-order valence-corrected chi connectivity index (χ2v) is 10.4. The van der Waals surface area contributed by atoms with Crippen LogP contribution in [0.5, 0.6) is 0 Å². The molecule has 1 fully saturated rings. The van der Waals surface area contributed by atoms with Crippen molar-refractivity contribution in [2.24, 2.45) is 0 Å². The van der Waals surface area contributed by atoms with E-state index in [1.807, 2.05) is 30.3 Å². The largest absolute Gasteiger partial charge is 0.375 e. The Morgan fingerprint density at radius 1 is 1.08 bits per heavy atom. The monoisotopic (exact) mass is 559 g/mol. The minimum atomic E-state index is -0.276. The maximum Gasteiger partial charge on any atom is 0.250 e. The van der Waals surface area contributed by atoms with Crippen LogP contribution in [0, 0.1) is 20.8 Å². The van der Waals surface area contributed by atoms with Gasteiger partial charge < -0.3 is 24.8 Å². The molecule has 39 heavy (non-hydrogen) atoms. The van der Waals surface area contributed by atoms with E-state index in [4.69, 9.17) is 28.6 Å². The number of aromatic nitrogens is 2. The van der Waals surface area contributed by atoms with Crippen LogP contribution in [-0.2, 0) is 9.53 Å². The van der Waals surface area contributed by atoms with E-state index >= 15 is 0 Å². The van der Waals surface area contributed by atoms with E-state index < -0.39 is 0 Å². The molecule has 200 valence electrons. The lowest BCUT2D eigenvalue weighted by molar-refractivity contribution is -0.119. The summed E-state index contributed by atoms with van der Waals surface area (Å²) >= 11 is 12.5. The van der Waals surface area contributed by atoms with Gasteiger partial charge in [-0.2, -0.15) is 0 Å². The van der Waals surface area contributed by atoms with E-state index in [9.17, 15) is 4.79 Å². The van der Waals surface area contributed by atoms with Crippen molar-refractivity contribution in [1.82, 2.24) is 14.9 Å². The molecule has 3 heterocycles. The molecule has 0 aliphatic carbocycles. The smallest absolute Gasteiger partial charge is 0.250 e. The molecule has 0 spiro atoms. The molecule has 0 bridgehead atoms. The average molecular weight is 560 g/mol. The average Bonchev–Trinajstić information content (AvgIpc) is 3.41. The van der Waals surface area contributed by atoms with Gasteiger partial charge in [-0.15, -0.1) is 0 Å². The number of anilines is 2. The third kappa shape index (κ3) is 5.28. The standard InChI is InChI=1S/C30H30ClN5O2S/c1-18-8-10-21(11-9-18)35-19(2)15-23(20(35)3)29-28(26-7-5-6-14-32-26)34-30(39)36(29)22-12-13-25(24(31)16-22)33-27(37)17-38-4/h5-16,28-29H,17H2,1-4H3,(H,33,37)(H,34,39)/t28-,29+/m0/s1. The predicted octanol–water partition coefficient (Wildman–Crippen LogP) is 6.21. The number of aryl methyl sites for hydroxylation is 2. The molecule has 2 aromatic heterocycles. The lowest BCUT2D eigenvalue weighted by Gasteiger charge is -2.28. The number of carbonyl (C=O) groups is 1. The molecule has 7 nitrogen and oxygen atoms in total. The highest BCUT2D eigenvalue weighted by atomic mass is 35.5. The van der Waals surface area contributed by atoms with Crippen LogP contribution in [0.2, 0.25) is 5.02 Å². The maximum absolute atomic E-state index is 12.1. The van der Waals surface area contributed by atoms with Crippen molar-refractivity contribution >= 4 is 46.2 Å². The summed E-state index contributed by atoms with van der Waals surface area (Å²) in [5.41, 5.74) is 7.90. The number of benzene rings is 2. The number of pyridine rings is 1. The van der Waals surface area contributed by atoms with Gasteiger partial charge in [0, 0.05) is 36.1 Å². The molecule has 1 aliphatic rings. The zero-order chi connectivity index (χ0) is 27.7. The molecular formula is C30H30ClN5O2S. The highest BCUT2D eigenvalue weighted by molar-refractivity contribution is 7.80. The molecule has 0 saturated carbocycles. The number of methoxy groups -OCH3 is 1. The minimum absolute atomic E-state index is 0.0529. The number of thiocarbonyl (C=S) groups is 1. The molecule has 4 aromatic rings. The van der Waals surface area contributed by atoms with Crippen molar-refractivity contribution in [3.63, 3.8) is 0 Å². The van der Waals surface area contributed by atoms with Crippen LogP contribution < -0.4 is 15.5 Å². The van der Waals surface area contributed by atoms with Gasteiger partial charge in [-0.3, -0.25) is 9.78 Å². The van der Waals surface area contributed by atoms with Crippen LogP contribution in [0.15, 0.2) is 72.9 Å². The fourth-order valence-corrected chi connectivity index (χ4v) is 5.77. The van der Waals surface area contributed by atoms with Gasteiger partial charge in [-0.1, -0.05) is 35.4 Å². The van der Waals surface area contributed by atoms with E-state index in [-0.39, 0.29) is 24.6 Å². The fraction of sp³-hybridized carbons (Fsp3) is 0.233. The highest BCUT2D eigenvalue weighted by Crippen LogP contribution is 2.44. The first kappa shape index (κ1) is 26.9. The van der Waals surface area contributed by atoms with E-state index in [2.05, 4.69) is 76.2 Å². The van der Waals surface area contributed by atoms with Crippen LogP contribution in [0.3, 0.4) is 0 Å². The summed E-state index contributed by atoms with van der Waals surface area (Å²) in [5, 5.41) is 7.27. The summed E-state index contributed by atoms with van der Waals surface area (Å²) in [5.74, 6) is -0.276. The Morgan fingerprint density at radius 2 is 1.82 bits per heavy atom. The molecule has 0 radical (unpaired) electrons. The first-order valence-corrected chi connectivity index (χ1v) is 13.4. The van der Waals surface area contributed by atoms with E-state index in [1.54, 1.807) is 12.3 Å². The summed E-state index contributed by atoms with van der Waals surface area (Å²) < 4.78 is 7.18. The Kier molecular flexibility index (Phi) is 7.70. The van der Waals surface area contributed by atoms with Gasteiger partial charge in [0.2, 0.25) is 5.91 Å². The zero-order valence-electron chi connectivity index (χ0n) is 22.2. The Labute approximate surface area is 238 Å². The van der Waals surface area contributed by atoms with Crippen molar-refractivity contribution in [2.75, 3.05) is 23.9 Å². The Bertz CT molecular complexity index is 1520. The quantitative estimate of drug-likeness (QED) is 0.262. The predicted molar refractivity (Wildman–Crippen MR) is 160 cm³/mol. The lowest BCUT2D eigenvalue weighted by atomic mass is 9.96. The normalized spacial score (nSPS) is 16.8. The summed E-state index contributed by atoms with van der Waals surface area (Å²) in [7, 11) is 1.47. The van der Waals surface area contributed by atoms with E-state index in [0.29, 0.717) is 15.8 Å². The molecule has 2 N–H and O–H groups in total. The van der Waals surface area contributed by atoms with Crippen LogP contribution in [0.25, 0.3) is 5.69 Å². The summed E-state index contributed by atoms with van der Waals surface area (Å²) in [4.78, 5) is 18.8. The molecular weight excluding hydrogens is 530 g/mol. The number of nitrogens with zero attached hydrogens (tertiary/aromatic N) is 3. The topological polar surface area (TPSA) is 71.4 Å². The number of carbonyl (C=O) groups excluding carboxylic acids is 1. The minimum Gasteiger partial charge on any atom is -0.375 e. The molecule has 1 aliphatic heterocycles. The number of hydrogen-bond acceptors (Lipinski definition) is 4. The molecule has 2 atom stereocenters. The maximum atomic E-state index is 12.1. The van der Waals surface area contributed by atoms with Crippen LogP contribution >= 0.6 is 23.8 Å². The van der Waals surface area contributed by atoms with Gasteiger partial charge in [0.05, 0.1) is 28.5 Å². The molecule has 2 aromatic carbocycles. The van der Waals surface area contributed by atoms with Gasteiger partial charge in [0.1, 0.15) is 6.61 Å². The van der Waals surface area contributed by atoms with Crippen molar-refractivity contribution in [1.29, 1.82) is 0 Å². The third-order valence-corrected chi connectivity index (χ3v) is 7.59. The van der Waals surface area contributed by atoms with Gasteiger partial charge >= 0.3 is 0 Å². The lowest BCUT2D eigenvalue weighted by Crippen LogP contribution is -2.29. The SMILES string of the molecule is COCC(=O)Nc1ccc(N2C(=S)N[C@@H](c3ccccn3)[C@H]2c2cc(C)n(-c3ccc(C)cc3)c2C)cc1Cl. The number of amides is 1. The molecule has 1 saturated heterocycles. The van der Waals surface area contributed by atoms with Gasteiger partial charge in [-0.05, 0) is 87.1 Å². The number of halogens is 1. The van der Waals surface area contributed by atoms with Crippen LogP contribution in [-0.4, -0.2) is 34.3 Å². The summed E-state index contributed by atoms with van der Waals surface area (Å²) in [6.45, 7) is 6.29. The molecule has 0 unspecified atom stereocenters. The summed E-state index contributed by atoms with van der Waals surface area (Å²) in [6.07, 6.45) is 1.80. The Balaban J connectivity index is 1.60. The second kappa shape index (κ2) is 11.2. The van der Waals surface area contributed by atoms with Crippen molar-refractivity contribution in [3.8, 4) is 5.69 Å². The molecule has 1 amide bonds. The Hall–Kier alpha value is -3.72. The highest BCUT2D eigenvalue weighted by Gasteiger charge is 2.42. The van der Waals surface area contributed by atoms with Crippen molar-refractivity contribution in [3.05, 3.63) is 106 Å². The van der Waals surface area contributed by atoms with E-state index in [0.717, 1.165) is 34.0 Å². The number of ether oxygens (including phenoxy) is 1. The van der Waals surface area contributed by atoms with Crippen LogP contribution in [0.4, 0.5) is 11.4 Å². The Morgan fingerprint density at radius 3 is 2.49 bits per heavy atom. The fourth-order valence-electron chi connectivity index (χ4n) is 5.20. The first-order chi connectivity index (χ1) is 18.8. The van der Waals surface area contributed by atoms with Gasteiger partial charge in [-0.25, -0.2) is 0 Å². The molecule has 9 heteroatoms. The van der Waals surface area contributed by atoms with Crippen molar-refractivity contribution in [2.45, 2.75) is 32.9 Å². The van der Waals surface area contributed by atoms with Crippen molar-refractivity contribution < 1.29 is 9.53 Å².